The maximum atomic E-state index is 13.4. The highest BCUT2D eigenvalue weighted by atomic mass is 35.5. The fraction of sp³-hybridized carbons (Fsp3) is 0.571. The lowest BCUT2D eigenvalue weighted by atomic mass is 9.65. The number of nitrogens with two attached hydrogens (primary N) is 1. The summed E-state index contributed by atoms with van der Waals surface area (Å²) in [5, 5.41) is 1.48. The molecule has 1 aromatic heterocycles. The first-order valence-corrected chi connectivity index (χ1v) is 10.4. The molecule has 0 spiro atoms. The first-order valence-electron chi connectivity index (χ1n) is 9.98. The zero-order valence-corrected chi connectivity index (χ0v) is 16.7. The van der Waals surface area contributed by atoms with Crippen molar-refractivity contribution in [2.45, 2.75) is 63.3 Å². The Hall–Kier alpha value is -1.73. The number of alkyl halides is 3. The van der Waals surface area contributed by atoms with Crippen LogP contribution in [-0.4, -0.2) is 23.3 Å². The van der Waals surface area contributed by atoms with E-state index in [1.165, 1.54) is 0 Å². The number of benzene rings is 1. The Morgan fingerprint density at radius 2 is 1.93 bits per heavy atom. The van der Waals surface area contributed by atoms with Crippen molar-refractivity contribution in [3.05, 3.63) is 39.8 Å². The summed E-state index contributed by atoms with van der Waals surface area (Å²) in [6.07, 6.45) is 1.25. The van der Waals surface area contributed by atoms with E-state index in [0.29, 0.717) is 59.6 Å². The van der Waals surface area contributed by atoms with Gasteiger partial charge < -0.3 is 15.5 Å². The topological polar surface area (TPSA) is 68.1 Å². The number of hydrogen-bond acceptors (Lipinski definition) is 3. The number of rotatable bonds is 5. The molecule has 0 amide bonds. The van der Waals surface area contributed by atoms with Crippen LogP contribution in [0.3, 0.4) is 0 Å². The molecule has 0 aliphatic heterocycles. The number of hydrogen-bond donors (Lipinski definition) is 2. The normalized spacial score (nSPS) is 26.4. The van der Waals surface area contributed by atoms with Crippen molar-refractivity contribution in [2.75, 3.05) is 0 Å². The van der Waals surface area contributed by atoms with E-state index in [1.807, 2.05) is 0 Å². The molecule has 2 saturated carbocycles. The predicted molar refractivity (Wildman–Crippen MR) is 106 cm³/mol. The minimum Gasteiger partial charge on any atom is -0.489 e. The van der Waals surface area contributed by atoms with Crippen LogP contribution in [0.15, 0.2) is 29.2 Å². The van der Waals surface area contributed by atoms with Gasteiger partial charge in [-0.15, -0.1) is 0 Å². The number of ether oxygens (including phenoxy) is 1. The molecule has 0 saturated heterocycles. The van der Waals surface area contributed by atoms with Gasteiger partial charge in [-0.1, -0.05) is 24.4 Å². The molecule has 1 unspecified atom stereocenters. The number of H-pyrrole nitrogens is 1. The first kappa shape index (κ1) is 20.5. The van der Waals surface area contributed by atoms with Crippen molar-refractivity contribution in [2.24, 2.45) is 17.1 Å². The molecule has 2 fully saturated rings. The van der Waals surface area contributed by atoms with E-state index in [1.54, 1.807) is 24.4 Å². The van der Waals surface area contributed by atoms with Crippen molar-refractivity contribution in [1.29, 1.82) is 0 Å². The smallest absolute Gasteiger partial charge is 0.404 e. The fourth-order valence-corrected chi connectivity index (χ4v) is 4.84. The number of aromatic amines is 1. The SMILES string of the molecule is NC(C(F)(F)F)C1(CC2CC2)CCC(Oc2cc3cc[nH]c(=O)c3cc2Cl)CC1. The summed E-state index contributed by atoms with van der Waals surface area (Å²) in [4.78, 5) is 14.5. The minimum absolute atomic E-state index is 0.222. The number of fused-ring (bicyclic) bond motifs is 1. The van der Waals surface area contributed by atoms with Gasteiger partial charge in [0.05, 0.1) is 11.1 Å². The quantitative estimate of drug-likeness (QED) is 0.689. The molecule has 1 heterocycles. The molecule has 0 radical (unpaired) electrons. The molecule has 4 nitrogen and oxygen atoms in total. The Bertz CT molecular complexity index is 947. The average molecular weight is 429 g/mol. The van der Waals surface area contributed by atoms with Crippen molar-refractivity contribution >= 4 is 22.4 Å². The van der Waals surface area contributed by atoms with Crippen LogP contribution in [0.25, 0.3) is 10.8 Å². The van der Waals surface area contributed by atoms with Crippen LogP contribution in [0, 0.1) is 11.3 Å². The van der Waals surface area contributed by atoms with Gasteiger partial charge in [0.15, 0.2) is 0 Å². The maximum absolute atomic E-state index is 13.4. The standard InChI is InChI=1S/C21H24ClF3N2O2/c22-16-10-15-13(5-8-27-18(15)28)9-17(16)29-14-3-6-20(7-4-14,11-12-1-2-12)19(26)21(23,24)25/h5,8-10,12,14,19H,1-4,6-7,11,26H2,(H,27,28). The number of aromatic nitrogens is 1. The van der Waals surface area contributed by atoms with E-state index in [9.17, 15) is 18.0 Å². The van der Waals surface area contributed by atoms with Gasteiger partial charge >= 0.3 is 6.18 Å². The van der Waals surface area contributed by atoms with Crippen LogP contribution >= 0.6 is 11.6 Å². The largest absolute Gasteiger partial charge is 0.489 e. The Balaban J connectivity index is 1.49. The highest BCUT2D eigenvalue weighted by molar-refractivity contribution is 6.32. The monoisotopic (exact) mass is 428 g/mol. The summed E-state index contributed by atoms with van der Waals surface area (Å²) in [6.45, 7) is 0. The summed E-state index contributed by atoms with van der Waals surface area (Å²) in [6, 6.07) is 3.22. The highest BCUT2D eigenvalue weighted by Crippen LogP contribution is 2.52. The zero-order chi connectivity index (χ0) is 20.8. The van der Waals surface area contributed by atoms with Crippen LogP contribution < -0.4 is 16.0 Å². The van der Waals surface area contributed by atoms with E-state index in [0.717, 1.165) is 12.8 Å². The molecule has 3 N–H and O–H groups in total. The molecule has 1 atom stereocenters. The number of halogens is 4. The lowest BCUT2D eigenvalue weighted by Crippen LogP contribution is -2.54. The Morgan fingerprint density at radius 3 is 2.55 bits per heavy atom. The molecular formula is C21H24ClF3N2O2. The number of pyridine rings is 1. The Kier molecular flexibility index (Phi) is 5.32. The van der Waals surface area contributed by atoms with Gasteiger partial charge in [-0.25, -0.2) is 0 Å². The van der Waals surface area contributed by atoms with Gasteiger partial charge in [0.1, 0.15) is 11.8 Å². The molecule has 158 valence electrons. The van der Waals surface area contributed by atoms with Crippen molar-refractivity contribution in [3.8, 4) is 5.75 Å². The molecule has 29 heavy (non-hydrogen) atoms. The third-order valence-corrected chi connectivity index (χ3v) is 6.75. The van der Waals surface area contributed by atoms with Crippen molar-refractivity contribution in [3.63, 3.8) is 0 Å². The van der Waals surface area contributed by atoms with E-state index in [-0.39, 0.29) is 11.7 Å². The van der Waals surface area contributed by atoms with Gasteiger partial charge in [-0.2, -0.15) is 13.2 Å². The van der Waals surface area contributed by atoms with Crippen LogP contribution in [-0.2, 0) is 0 Å². The molecule has 2 aliphatic carbocycles. The van der Waals surface area contributed by atoms with Crippen molar-refractivity contribution in [1.82, 2.24) is 4.98 Å². The first-order chi connectivity index (χ1) is 13.7. The minimum atomic E-state index is -4.39. The van der Waals surface area contributed by atoms with Crippen LogP contribution in [0.5, 0.6) is 5.75 Å². The van der Waals surface area contributed by atoms with Crippen LogP contribution in [0.4, 0.5) is 13.2 Å². The summed E-state index contributed by atoms with van der Waals surface area (Å²) in [5.74, 6) is 0.818. The van der Waals surface area contributed by atoms with Crippen LogP contribution in [0.2, 0.25) is 5.02 Å². The third kappa shape index (κ3) is 4.26. The van der Waals surface area contributed by atoms with Gasteiger partial charge in [-0.05, 0) is 67.0 Å². The zero-order valence-electron chi connectivity index (χ0n) is 15.9. The molecular weight excluding hydrogens is 405 g/mol. The van der Waals surface area contributed by atoms with E-state index >= 15 is 0 Å². The average Bonchev–Trinajstić information content (AvgIpc) is 3.47. The van der Waals surface area contributed by atoms with E-state index in [4.69, 9.17) is 22.1 Å². The highest BCUT2D eigenvalue weighted by Gasteiger charge is 2.54. The molecule has 4 rings (SSSR count). The summed E-state index contributed by atoms with van der Waals surface area (Å²) >= 11 is 6.29. The third-order valence-electron chi connectivity index (χ3n) is 6.45. The fourth-order valence-electron chi connectivity index (χ4n) is 4.63. The summed E-state index contributed by atoms with van der Waals surface area (Å²) < 4.78 is 46.3. The number of nitrogens with one attached hydrogen (secondary N) is 1. The Morgan fingerprint density at radius 1 is 1.24 bits per heavy atom. The molecule has 0 bridgehead atoms. The molecule has 2 aliphatic rings. The second-order valence-corrected chi connectivity index (χ2v) is 8.93. The Labute approximate surface area is 171 Å². The van der Waals surface area contributed by atoms with E-state index < -0.39 is 17.6 Å². The second kappa shape index (κ2) is 7.51. The molecule has 1 aromatic carbocycles. The van der Waals surface area contributed by atoms with E-state index in [2.05, 4.69) is 4.98 Å². The second-order valence-electron chi connectivity index (χ2n) is 8.52. The lowest BCUT2D eigenvalue weighted by Gasteiger charge is -2.45. The van der Waals surface area contributed by atoms with Gasteiger partial charge in [0.2, 0.25) is 0 Å². The molecule has 8 heteroatoms. The van der Waals surface area contributed by atoms with Crippen molar-refractivity contribution < 1.29 is 17.9 Å². The molecule has 2 aromatic rings. The predicted octanol–water partition coefficient (Wildman–Crippen LogP) is 5.18. The van der Waals surface area contributed by atoms with Gasteiger partial charge in [0, 0.05) is 11.6 Å². The summed E-state index contributed by atoms with van der Waals surface area (Å²) in [7, 11) is 0. The van der Waals surface area contributed by atoms with Gasteiger partial charge in [0.25, 0.3) is 5.56 Å². The lowest BCUT2D eigenvalue weighted by molar-refractivity contribution is -0.183. The summed E-state index contributed by atoms with van der Waals surface area (Å²) in [5.41, 5.74) is 4.58. The maximum Gasteiger partial charge on any atom is 0.404 e. The van der Waals surface area contributed by atoms with Gasteiger partial charge in [-0.3, -0.25) is 4.79 Å². The van der Waals surface area contributed by atoms with Crippen LogP contribution in [0.1, 0.15) is 44.9 Å².